The van der Waals surface area contributed by atoms with Gasteiger partial charge in [0.05, 0.1) is 18.5 Å². The van der Waals surface area contributed by atoms with Crippen molar-refractivity contribution in [2.24, 2.45) is 0 Å². The Hall–Kier alpha value is -4.98. The van der Waals surface area contributed by atoms with Crippen molar-refractivity contribution < 1.29 is 9.53 Å². The second-order valence-corrected chi connectivity index (χ2v) is 8.94. The van der Waals surface area contributed by atoms with E-state index in [-0.39, 0.29) is 6.61 Å². The maximum absolute atomic E-state index is 12.8. The van der Waals surface area contributed by atoms with E-state index in [1.165, 1.54) is 6.20 Å². The molecule has 0 fully saturated rings. The molecule has 2 aromatic carbocycles. The van der Waals surface area contributed by atoms with Gasteiger partial charge in [-0.2, -0.15) is 9.61 Å². The van der Waals surface area contributed by atoms with E-state index in [1.54, 1.807) is 17.6 Å². The van der Waals surface area contributed by atoms with Crippen molar-refractivity contribution in [3.8, 4) is 11.3 Å². The van der Waals surface area contributed by atoms with E-state index in [2.05, 4.69) is 44.2 Å². The lowest BCUT2D eigenvalue weighted by Crippen LogP contribution is -2.25. The highest BCUT2D eigenvalue weighted by molar-refractivity contribution is 5.97. The lowest BCUT2D eigenvalue weighted by atomic mass is 10.1. The Bertz CT molecular complexity index is 1670. The second kappa shape index (κ2) is 10.2. The molecule has 0 unspecified atom stereocenters. The van der Waals surface area contributed by atoms with Crippen LogP contribution in [-0.4, -0.2) is 37.1 Å². The maximum atomic E-state index is 12.8. The van der Waals surface area contributed by atoms with Crippen molar-refractivity contribution >= 4 is 28.5 Å². The Morgan fingerprint density at radius 1 is 0.974 bits per heavy atom. The molecule has 0 aliphatic heterocycles. The second-order valence-electron chi connectivity index (χ2n) is 8.94. The minimum Gasteiger partial charge on any atom is -0.462 e. The van der Waals surface area contributed by atoms with Gasteiger partial charge in [-0.15, -0.1) is 0 Å². The van der Waals surface area contributed by atoms with Crippen LogP contribution in [0.1, 0.15) is 28.4 Å². The number of benzene rings is 2. The SMILES string of the molecule is CCOC(=O)c1cnn2c(N(Cc3ccccc3)Cc3ccccc3)cc(-c3c[nH]c4ncccc34)nc12. The van der Waals surface area contributed by atoms with E-state index in [0.29, 0.717) is 30.0 Å². The third kappa shape index (κ3) is 4.48. The van der Waals surface area contributed by atoms with E-state index < -0.39 is 5.97 Å². The molecular weight excluding hydrogens is 476 g/mol. The average molecular weight is 503 g/mol. The van der Waals surface area contributed by atoms with Crippen molar-refractivity contribution in [3.05, 3.63) is 114 Å². The predicted octanol–water partition coefficient (Wildman–Crippen LogP) is 5.66. The molecule has 0 amide bonds. The lowest BCUT2D eigenvalue weighted by molar-refractivity contribution is 0.0528. The average Bonchev–Trinajstić information content (AvgIpc) is 3.58. The minimum absolute atomic E-state index is 0.269. The number of ether oxygens (including phenoxy) is 1. The number of esters is 1. The molecule has 6 aromatic rings. The molecular formula is C30H26N6O2. The number of pyridine rings is 1. The van der Waals surface area contributed by atoms with Crippen LogP contribution in [0.5, 0.6) is 0 Å². The van der Waals surface area contributed by atoms with Gasteiger partial charge in [0.1, 0.15) is 17.0 Å². The highest BCUT2D eigenvalue weighted by Crippen LogP contribution is 2.32. The van der Waals surface area contributed by atoms with Gasteiger partial charge in [0.25, 0.3) is 0 Å². The first kappa shape index (κ1) is 23.4. The summed E-state index contributed by atoms with van der Waals surface area (Å²) in [6.07, 6.45) is 5.19. The molecule has 6 rings (SSSR count). The summed E-state index contributed by atoms with van der Waals surface area (Å²) in [5, 5.41) is 5.55. The zero-order valence-electron chi connectivity index (χ0n) is 20.9. The van der Waals surface area contributed by atoms with Crippen LogP contribution < -0.4 is 4.90 Å². The van der Waals surface area contributed by atoms with Crippen LogP contribution >= 0.6 is 0 Å². The summed E-state index contributed by atoms with van der Waals surface area (Å²) in [7, 11) is 0. The smallest absolute Gasteiger partial charge is 0.343 e. The van der Waals surface area contributed by atoms with Gasteiger partial charge in [-0.3, -0.25) is 0 Å². The number of rotatable bonds is 8. The van der Waals surface area contributed by atoms with Gasteiger partial charge in [0.15, 0.2) is 5.65 Å². The molecule has 0 aliphatic carbocycles. The molecule has 0 saturated heterocycles. The highest BCUT2D eigenvalue weighted by atomic mass is 16.5. The number of hydrogen-bond donors (Lipinski definition) is 1. The van der Waals surface area contributed by atoms with E-state index >= 15 is 0 Å². The fourth-order valence-corrected chi connectivity index (χ4v) is 4.66. The fraction of sp³-hybridized carbons (Fsp3) is 0.133. The molecule has 0 saturated carbocycles. The van der Waals surface area contributed by atoms with Gasteiger partial charge >= 0.3 is 5.97 Å². The molecule has 0 aliphatic rings. The number of H-pyrrole nitrogens is 1. The first-order valence-corrected chi connectivity index (χ1v) is 12.5. The minimum atomic E-state index is -0.448. The normalized spacial score (nSPS) is 11.2. The third-order valence-electron chi connectivity index (χ3n) is 6.43. The topological polar surface area (TPSA) is 88.4 Å². The van der Waals surface area contributed by atoms with Crippen molar-refractivity contribution in [2.45, 2.75) is 20.0 Å². The van der Waals surface area contributed by atoms with Gasteiger partial charge in [0.2, 0.25) is 0 Å². The van der Waals surface area contributed by atoms with Gasteiger partial charge in [-0.1, -0.05) is 60.7 Å². The van der Waals surface area contributed by atoms with Crippen molar-refractivity contribution in [1.82, 2.24) is 24.6 Å². The Morgan fingerprint density at radius 3 is 2.37 bits per heavy atom. The number of nitrogens with zero attached hydrogens (tertiary/aromatic N) is 5. The molecule has 8 heteroatoms. The maximum Gasteiger partial charge on any atom is 0.343 e. The van der Waals surface area contributed by atoms with E-state index in [1.807, 2.05) is 60.8 Å². The van der Waals surface area contributed by atoms with Gasteiger partial charge in [-0.05, 0) is 30.2 Å². The summed E-state index contributed by atoms with van der Waals surface area (Å²) < 4.78 is 7.06. The largest absolute Gasteiger partial charge is 0.462 e. The van der Waals surface area contributed by atoms with Gasteiger partial charge in [0, 0.05) is 42.5 Å². The van der Waals surface area contributed by atoms with Gasteiger partial charge in [-0.25, -0.2) is 14.8 Å². The van der Waals surface area contributed by atoms with Crippen LogP contribution in [0.15, 0.2) is 97.5 Å². The zero-order chi connectivity index (χ0) is 25.9. The monoisotopic (exact) mass is 502 g/mol. The molecule has 0 bridgehead atoms. The number of hydrogen-bond acceptors (Lipinski definition) is 6. The zero-order valence-corrected chi connectivity index (χ0v) is 20.9. The molecule has 1 N–H and O–H groups in total. The van der Waals surface area contributed by atoms with Gasteiger partial charge < -0.3 is 14.6 Å². The summed E-state index contributed by atoms with van der Waals surface area (Å²) in [5.41, 5.74) is 5.46. The molecule has 8 nitrogen and oxygen atoms in total. The van der Waals surface area contributed by atoms with E-state index in [4.69, 9.17) is 9.72 Å². The fourth-order valence-electron chi connectivity index (χ4n) is 4.66. The van der Waals surface area contributed by atoms with Crippen LogP contribution in [0.2, 0.25) is 0 Å². The molecule has 0 spiro atoms. The molecule has 4 aromatic heterocycles. The number of nitrogens with one attached hydrogen (secondary N) is 1. The highest BCUT2D eigenvalue weighted by Gasteiger charge is 2.22. The summed E-state index contributed by atoms with van der Waals surface area (Å²) >= 11 is 0. The number of anilines is 1. The van der Waals surface area contributed by atoms with E-state index in [0.717, 1.165) is 33.5 Å². The molecule has 4 heterocycles. The summed E-state index contributed by atoms with van der Waals surface area (Å²) in [4.78, 5) is 27.7. The number of aromatic nitrogens is 5. The Balaban J connectivity index is 1.56. The Labute approximate surface area is 219 Å². The van der Waals surface area contributed by atoms with Crippen molar-refractivity contribution in [1.29, 1.82) is 0 Å². The molecule has 0 atom stereocenters. The van der Waals surface area contributed by atoms with Crippen LogP contribution in [0.25, 0.3) is 27.9 Å². The summed E-state index contributed by atoms with van der Waals surface area (Å²) in [6.45, 7) is 3.33. The Morgan fingerprint density at radius 2 is 1.68 bits per heavy atom. The Kier molecular flexibility index (Phi) is 6.27. The van der Waals surface area contributed by atoms with E-state index in [9.17, 15) is 4.79 Å². The van der Waals surface area contributed by atoms with Crippen molar-refractivity contribution in [2.75, 3.05) is 11.5 Å². The first-order valence-electron chi connectivity index (χ1n) is 12.5. The number of carbonyl (C=O) groups excluding carboxylic acids is 1. The van der Waals surface area contributed by atoms with Crippen LogP contribution in [-0.2, 0) is 17.8 Å². The van der Waals surface area contributed by atoms with Crippen LogP contribution in [0.4, 0.5) is 5.82 Å². The molecule has 188 valence electrons. The van der Waals surface area contributed by atoms with Crippen LogP contribution in [0.3, 0.4) is 0 Å². The molecule has 0 radical (unpaired) electrons. The van der Waals surface area contributed by atoms with Crippen molar-refractivity contribution in [3.63, 3.8) is 0 Å². The molecule has 38 heavy (non-hydrogen) atoms. The summed E-state index contributed by atoms with van der Waals surface area (Å²) in [5.74, 6) is 0.364. The standard InChI is InChI=1S/C30H26N6O2/c1-2-38-30(37)25-18-33-36-27(16-26(34-29(25)36)24-17-32-28-23(24)14-9-15-31-28)35(19-21-10-5-3-6-11-21)20-22-12-7-4-8-13-22/h3-18H,2,19-20H2,1H3,(H,31,32). The summed E-state index contributed by atoms with van der Waals surface area (Å²) in [6, 6.07) is 26.5. The first-order chi connectivity index (χ1) is 18.7. The lowest BCUT2D eigenvalue weighted by Gasteiger charge is -2.26. The third-order valence-corrected chi connectivity index (χ3v) is 6.43. The van der Waals surface area contributed by atoms with Crippen LogP contribution in [0, 0.1) is 0 Å². The number of fused-ring (bicyclic) bond motifs is 2. The number of carbonyl (C=O) groups is 1. The quantitative estimate of drug-likeness (QED) is 0.270. The number of aromatic amines is 1. The predicted molar refractivity (Wildman–Crippen MR) is 147 cm³/mol.